The monoisotopic (exact) mass is 336 g/mol. The number of halogens is 2. The van der Waals surface area contributed by atoms with E-state index in [4.69, 9.17) is 22.1 Å². The third kappa shape index (κ3) is 4.20. The van der Waals surface area contributed by atoms with E-state index in [9.17, 15) is 14.0 Å². The molecule has 2 aromatic carbocycles. The molecular formula is C16H14ClFN2O3. The summed E-state index contributed by atoms with van der Waals surface area (Å²) in [7, 11) is 0. The van der Waals surface area contributed by atoms with Crippen molar-refractivity contribution in [3.63, 3.8) is 0 Å². The predicted octanol–water partition coefficient (Wildman–Crippen LogP) is 3.25. The zero-order valence-electron chi connectivity index (χ0n) is 12.2. The summed E-state index contributed by atoms with van der Waals surface area (Å²) >= 11 is 5.75. The Balaban J connectivity index is 2.03. The third-order valence-corrected chi connectivity index (χ3v) is 3.25. The summed E-state index contributed by atoms with van der Waals surface area (Å²) in [5.41, 5.74) is 5.93. The molecule has 0 radical (unpaired) electrons. The molecular weight excluding hydrogens is 323 g/mol. The molecule has 7 heteroatoms. The molecule has 0 saturated heterocycles. The highest BCUT2D eigenvalue weighted by molar-refractivity contribution is 6.31. The van der Waals surface area contributed by atoms with Gasteiger partial charge in [0.05, 0.1) is 11.3 Å². The third-order valence-electron chi connectivity index (χ3n) is 3.02. The Labute approximate surface area is 137 Å². The molecule has 0 aliphatic carbocycles. The van der Waals surface area contributed by atoms with Crippen molar-refractivity contribution in [3.8, 4) is 0 Å². The maximum absolute atomic E-state index is 13.5. The summed E-state index contributed by atoms with van der Waals surface area (Å²) in [4.78, 5) is 24.0. The van der Waals surface area contributed by atoms with E-state index in [1.165, 1.54) is 43.3 Å². The van der Waals surface area contributed by atoms with E-state index in [2.05, 4.69) is 5.32 Å². The van der Waals surface area contributed by atoms with Gasteiger partial charge in [-0.3, -0.25) is 4.79 Å². The van der Waals surface area contributed by atoms with Gasteiger partial charge in [-0.2, -0.15) is 0 Å². The van der Waals surface area contributed by atoms with Gasteiger partial charge < -0.3 is 15.8 Å². The Morgan fingerprint density at radius 1 is 1.26 bits per heavy atom. The van der Waals surface area contributed by atoms with E-state index in [1.54, 1.807) is 6.07 Å². The van der Waals surface area contributed by atoms with Gasteiger partial charge in [-0.25, -0.2) is 9.18 Å². The number of anilines is 2. The molecule has 2 rings (SSSR count). The molecule has 0 bridgehead atoms. The van der Waals surface area contributed by atoms with Crippen molar-refractivity contribution in [1.29, 1.82) is 0 Å². The van der Waals surface area contributed by atoms with Crippen molar-refractivity contribution in [1.82, 2.24) is 0 Å². The first-order chi connectivity index (χ1) is 10.9. The normalized spacial score (nSPS) is 11.6. The van der Waals surface area contributed by atoms with Crippen LogP contribution in [0, 0.1) is 5.82 Å². The summed E-state index contributed by atoms with van der Waals surface area (Å²) in [5, 5.41) is 2.73. The first kappa shape index (κ1) is 16.8. The van der Waals surface area contributed by atoms with Crippen LogP contribution in [0.1, 0.15) is 17.3 Å². The minimum Gasteiger partial charge on any atom is -0.449 e. The standard InChI is InChI=1S/C16H14ClFN2O3/c1-9(15(21)20-14-5-3-2-4-12(14)18)23-16(22)11-7-6-10(17)8-13(11)19/h2-9H,19H2,1H3,(H,20,21)/t9-/m0/s1. The predicted molar refractivity (Wildman–Crippen MR) is 85.8 cm³/mol. The van der Waals surface area contributed by atoms with Crippen molar-refractivity contribution in [2.24, 2.45) is 0 Å². The van der Waals surface area contributed by atoms with Crippen molar-refractivity contribution in [3.05, 3.63) is 58.9 Å². The van der Waals surface area contributed by atoms with Crippen LogP contribution in [0.5, 0.6) is 0 Å². The Hall–Kier alpha value is -2.60. The number of hydrogen-bond donors (Lipinski definition) is 2. The second kappa shape index (κ2) is 7.11. The minimum absolute atomic E-state index is 0.00593. The smallest absolute Gasteiger partial charge is 0.341 e. The zero-order chi connectivity index (χ0) is 17.0. The van der Waals surface area contributed by atoms with Crippen LogP contribution in [0.3, 0.4) is 0 Å². The largest absolute Gasteiger partial charge is 0.449 e. The number of nitrogen functional groups attached to an aromatic ring is 1. The molecule has 3 N–H and O–H groups in total. The van der Waals surface area contributed by atoms with Crippen molar-refractivity contribution in [2.75, 3.05) is 11.1 Å². The highest BCUT2D eigenvalue weighted by Crippen LogP contribution is 2.19. The lowest BCUT2D eigenvalue weighted by Crippen LogP contribution is -2.30. The summed E-state index contributed by atoms with van der Waals surface area (Å²) in [6.07, 6.45) is -1.13. The second-order valence-corrected chi connectivity index (χ2v) is 5.18. The highest BCUT2D eigenvalue weighted by Gasteiger charge is 2.21. The Morgan fingerprint density at radius 3 is 2.61 bits per heavy atom. The lowest BCUT2D eigenvalue weighted by molar-refractivity contribution is -0.123. The van der Waals surface area contributed by atoms with Crippen LogP contribution in [0.2, 0.25) is 5.02 Å². The topological polar surface area (TPSA) is 81.4 Å². The summed E-state index contributed by atoms with van der Waals surface area (Å²) < 4.78 is 18.5. The van der Waals surface area contributed by atoms with E-state index in [1.807, 2.05) is 0 Å². The number of para-hydroxylation sites is 1. The fourth-order valence-electron chi connectivity index (χ4n) is 1.79. The molecule has 0 unspecified atom stereocenters. The Morgan fingerprint density at radius 2 is 1.96 bits per heavy atom. The Kier molecular flexibility index (Phi) is 5.18. The lowest BCUT2D eigenvalue weighted by atomic mass is 10.2. The molecule has 0 saturated carbocycles. The maximum atomic E-state index is 13.5. The average Bonchev–Trinajstić information content (AvgIpc) is 2.49. The van der Waals surface area contributed by atoms with Gasteiger partial charge in [0, 0.05) is 10.7 Å². The van der Waals surface area contributed by atoms with Gasteiger partial charge in [0.1, 0.15) is 5.82 Å². The molecule has 120 valence electrons. The first-order valence-electron chi connectivity index (χ1n) is 6.70. The van der Waals surface area contributed by atoms with Gasteiger partial charge in [0.2, 0.25) is 0 Å². The number of carbonyl (C=O) groups is 2. The average molecular weight is 337 g/mol. The Bertz CT molecular complexity index is 752. The van der Waals surface area contributed by atoms with Gasteiger partial charge in [-0.15, -0.1) is 0 Å². The molecule has 5 nitrogen and oxygen atoms in total. The van der Waals surface area contributed by atoms with Gasteiger partial charge in [-0.05, 0) is 37.3 Å². The number of nitrogens with two attached hydrogens (primary N) is 1. The molecule has 23 heavy (non-hydrogen) atoms. The summed E-state index contributed by atoms with van der Waals surface area (Å²) in [6, 6.07) is 9.98. The van der Waals surface area contributed by atoms with Crippen molar-refractivity contribution < 1.29 is 18.7 Å². The molecule has 0 aromatic heterocycles. The van der Waals surface area contributed by atoms with Crippen LogP contribution >= 0.6 is 11.6 Å². The van der Waals surface area contributed by atoms with Crippen molar-refractivity contribution >= 4 is 34.9 Å². The number of nitrogens with one attached hydrogen (secondary N) is 1. The minimum atomic E-state index is -1.13. The molecule has 0 heterocycles. The van der Waals surface area contributed by atoms with Gasteiger partial charge in [0.15, 0.2) is 6.10 Å². The van der Waals surface area contributed by atoms with E-state index in [0.29, 0.717) is 5.02 Å². The molecule has 1 atom stereocenters. The molecule has 0 aliphatic rings. The number of rotatable bonds is 4. The van der Waals surface area contributed by atoms with E-state index >= 15 is 0 Å². The van der Waals surface area contributed by atoms with E-state index in [0.717, 1.165) is 0 Å². The van der Waals surface area contributed by atoms with Gasteiger partial charge in [0.25, 0.3) is 5.91 Å². The number of carbonyl (C=O) groups excluding carboxylic acids is 2. The summed E-state index contributed by atoms with van der Waals surface area (Å²) in [6.45, 7) is 1.38. The van der Waals surface area contributed by atoms with Crippen LogP contribution in [-0.4, -0.2) is 18.0 Å². The molecule has 1 amide bonds. The summed E-state index contributed by atoms with van der Waals surface area (Å²) in [5.74, 6) is -2.01. The lowest BCUT2D eigenvalue weighted by Gasteiger charge is -2.14. The van der Waals surface area contributed by atoms with Crippen LogP contribution in [-0.2, 0) is 9.53 Å². The number of hydrogen-bond acceptors (Lipinski definition) is 4. The van der Waals surface area contributed by atoms with Crippen LogP contribution in [0.4, 0.5) is 15.8 Å². The fourth-order valence-corrected chi connectivity index (χ4v) is 1.97. The molecule has 2 aromatic rings. The number of amides is 1. The quantitative estimate of drug-likeness (QED) is 0.663. The molecule has 0 aliphatic heterocycles. The van der Waals surface area contributed by atoms with Gasteiger partial charge >= 0.3 is 5.97 Å². The molecule has 0 spiro atoms. The number of ether oxygens (including phenoxy) is 1. The number of esters is 1. The van der Waals surface area contributed by atoms with Crippen LogP contribution in [0.15, 0.2) is 42.5 Å². The van der Waals surface area contributed by atoms with E-state index < -0.39 is 23.8 Å². The van der Waals surface area contributed by atoms with Crippen LogP contribution in [0.25, 0.3) is 0 Å². The van der Waals surface area contributed by atoms with Crippen molar-refractivity contribution in [2.45, 2.75) is 13.0 Å². The first-order valence-corrected chi connectivity index (χ1v) is 7.07. The maximum Gasteiger partial charge on any atom is 0.341 e. The highest BCUT2D eigenvalue weighted by atomic mass is 35.5. The fraction of sp³-hybridized carbons (Fsp3) is 0.125. The van der Waals surface area contributed by atoms with Crippen LogP contribution < -0.4 is 11.1 Å². The van der Waals surface area contributed by atoms with Gasteiger partial charge in [-0.1, -0.05) is 23.7 Å². The van der Waals surface area contributed by atoms with E-state index in [-0.39, 0.29) is 16.9 Å². The second-order valence-electron chi connectivity index (χ2n) is 4.75. The SMILES string of the molecule is C[C@H](OC(=O)c1ccc(Cl)cc1N)C(=O)Nc1ccccc1F. The number of benzene rings is 2. The zero-order valence-corrected chi connectivity index (χ0v) is 12.9. The molecule has 0 fully saturated rings.